The number of benzene rings is 1. The Labute approximate surface area is 108 Å². The van der Waals surface area contributed by atoms with Crippen LogP contribution in [0.2, 0.25) is 0 Å². The summed E-state index contributed by atoms with van der Waals surface area (Å²) in [5, 5.41) is 19.9. The molecule has 0 saturated carbocycles. The van der Waals surface area contributed by atoms with Gasteiger partial charge in [0.1, 0.15) is 0 Å². The molecule has 0 fully saturated rings. The van der Waals surface area contributed by atoms with E-state index in [-0.39, 0.29) is 5.56 Å². The van der Waals surface area contributed by atoms with Crippen LogP contribution in [0.25, 0.3) is 11.6 Å². The Morgan fingerprint density at radius 3 is 2.39 bits per heavy atom. The molecule has 88 valence electrons. The van der Waals surface area contributed by atoms with Gasteiger partial charge in [-0.25, -0.2) is 4.79 Å². The number of thiophene rings is 1. The van der Waals surface area contributed by atoms with E-state index in [1.165, 1.54) is 12.1 Å². The highest BCUT2D eigenvalue weighted by molar-refractivity contribution is 7.10. The molecule has 1 aromatic heterocycles. The summed E-state index contributed by atoms with van der Waals surface area (Å²) in [6.45, 7) is 0. The molecule has 0 saturated heterocycles. The van der Waals surface area contributed by atoms with Crippen LogP contribution >= 0.6 is 11.3 Å². The predicted molar refractivity (Wildman–Crippen MR) is 71.2 cm³/mol. The zero-order chi connectivity index (χ0) is 13.0. The first-order valence-electron chi connectivity index (χ1n) is 5.20. The van der Waals surface area contributed by atoms with Crippen molar-refractivity contribution in [3.8, 4) is 6.07 Å². The van der Waals surface area contributed by atoms with Crippen LogP contribution in [-0.4, -0.2) is 11.1 Å². The van der Waals surface area contributed by atoms with Gasteiger partial charge in [-0.15, -0.1) is 11.3 Å². The van der Waals surface area contributed by atoms with E-state index in [0.29, 0.717) is 5.57 Å². The Morgan fingerprint density at radius 1 is 1.22 bits per heavy atom. The van der Waals surface area contributed by atoms with Gasteiger partial charge in [0.2, 0.25) is 0 Å². The fourth-order valence-electron chi connectivity index (χ4n) is 1.49. The summed E-state index contributed by atoms with van der Waals surface area (Å²) in [5.74, 6) is -0.970. The van der Waals surface area contributed by atoms with E-state index in [1.54, 1.807) is 29.5 Å². The maximum atomic E-state index is 10.7. The molecule has 0 atom stereocenters. The van der Waals surface area contributed by atoms with Gasteiger partial charge in [0.25, 0.3) is 0 Å². The van der Waals surface area contributed by atoms with Gasteiger partial charge >= 0.3 is 5.97 Å². The lowest BCUT2D eigenvalue weighted by atomic mass is 10.0. The monoisotopic (exact) mass is 255 g/mol. The molecule has 1 N–H and O–H groups in total. The van der Waals surface area contributed by atoms with E-state index in [2.05, 4.69) is 6.07 Å². The Hall–Kier alpha value is -2.38. The Morgan fingerprint density at radius 2 is 1.89 bits per heavy atom. The molecule has 0 amide bonds. The van der Waals surface area contributed by atoms with E-state index < -0.39 is 5.97 Å². The van der Waals surface area contributed by atoms with Crippen LogP contribution in [0.4, 0.5) is 0 Å². The molecule has 0 radical (unpaired) electrons. The van der Waals surface area contributed by atoms with Gasteiger partial charge in [-0.2, -0.15) is 5.26 Å². The normalized spacial score (nSPS) is 10.9. The number of carboxylic acids is 1. The molecule has 0 aliphatic carbocycles. The summed E-state index contributed by atoms with van der Waals surface area (Å²) in [6.07, 6.45) is 1.79. The zero-order valence-corrected chi connectivity index (χ0v) is 10.1. The first-order valence-corrected chi connectivity index (χ1v) is 6.07. The lowest BCUT2D eigenvalue weighted by Gasteiger charge is -1.99. The minimum absolute atomic E-state index is 0.215. The number of nitriles is 1. The third-order valence-corrected chi connectivity index (χ3v) is 3.21. The lowest BCUT2D eigenvalue weighted by Crippen LogP contribution is -1.95. The summed E-state index contributed by atoms with van der Waals surface area (Å²) in [4.78, 5) is 11.7. The predicted octanol–water partition coefficient (Wildman–Crippen LogP) is 3.51. The van der Waals surface area contributed by atoms with Crippen molar-refractivity contribution in [3.63, 3.8) is 0 Å². The van der Waals surface area contributed by atoms with Crippen LogP contribution in [0.5, 0.6) is 0 Å². The van der Waals surface area contributed by atoms with Crippen molar-refractivity contribution >= 4 is 29.0 Å². The van der Waals surface area contributed by atoms with E-state index in [9.17, 15) is 4.79 Å². The summed E-state index contributed by atoms with van der Waals surface area (Å²) in [5.41, 5.74) is 1.46. The molecular weight excluding hydrogens is 246 g/mol. The van der Waals surface area contributed by atoms with Crippen molar-refractivity contribution in [3.05, 3.63) is 57.8 Å². The Kier molecular flexibility index (Phi) is 3.56. The fraction of sp³-hybridized carbons (Fsp3) is 0. The minimum atomic E-state index is -0.970. The standard InChI is InChI=1S/C14H9NO2S/c15-9-12(8-13-2-1-7-18-13)10-3-5-11(6-4-10)14(16)17/h1-8H,(H,16,17)/b12-8-. The summed E-state index contributed by atoms with van der Waals surface area (Å²) >= 11 is 1.55. The van der Waals surface area contributed by atoms with Crippen molar-refractivity contribution in [2.24, 2.45) is 0 Å². The smallest absolute Gasteiger partial charge is 0.335 e. The van der Waals surface area contributed by atoms with Crippen molar-refractivity contribution < 1.29 is 9.90 Å². The first kappa shape index (κ1) is 12.1. The topological polar surface area (TPSA) is 61.1 Å². The van der Waals surface area contributed by atoms with Crippen LogP contribution < -0.4 is 0 Å². The number of carboxylic acid groups (broad SMARTS) is 1. The third kappa shape index (κ3) is 2.65. The number of hydrogen-bond donors (Lipinski definition) is 1. The average Bonchev–Trinajstić information content (AvgIpc) is 2.89. The maximum absolute atomic E-state index is 10.7. The van der Waals surface area contributed by atoms with Crippen molar-refractivity contribution in [2.45, 2.75) is 0 Å². The van der Waals surface area contributed by atoms with E-state index in [4.69, 9.17) is 10.4 Å². The second kappa shape index (κ2) is 5.30. The first-order chi connectivity index (χ1) is 8.70. The summed E-state index contributed by atoms with van der Waals surface area (Å²) in [6, 6.07) is 12.3. The average molecular weight is 255 g/mol. The van der Waals surface area contributed by atoms with E-state index in [1.807, 2.05) is 17.5 Å². The van der Waals surface area contributed by atoms with Crippen LogP contribution in [-0.2, 0) is 0 Å². The molecule has 4 heteroatoms. The largest absolute Gasteiger partial charge is 0.478 e. The number of carbonyl (C=O) groups is 1. The third-order valence-electron chi connectivity index (χ3n) is 2.39. The molecule has 1 aromatic carbocycles. The van der Waals surface area contributed by atoms with Gasteiger partial charge in [-0.3, -0.25) is 0 Å². The highest BCUT2D eigenvalue weighted by Crippen LogP contribution is 2.20. The van der Waals surface area contributed by atoms with Gasteiger partial charge < -0.3 is 5.11 Å². The van der Waals surface area contributed by atoms with Gasteiger partial charge in [0.15, 0.2) is 0 Å². The van der Waals surface area contributed by atoms with E-state index >= 15 is 0 Å². The van der Waals surface area contributed by atoms with Gasteiger partial charge in [0, 0.05) is 4.88 Å². The van der Waals surface area contributed by atoms with Gasteiger partial charge in [-0.05, 0) is 35.2 Å². The molecule has 1 heterocycles. The number of allylic oxidation sites excluding steroid dienone is 1. The summed E-state index contributed by atoms with van der Waals surface area (Å²) < 4.78 is 0. The van der Waals surface area contributed by atoms with Gasteiger partial charge in [0.05, 0.1) is 17.2 Å². The number of hydrogen-bond acceptors (Lipinski definition) is 3. The lowest BCUT2D eigenvalue weighted by molar-refractivity contribution is 0.0697. The molecule has 18 heavy (non-hydrogen) atoms. The molecular formula is C14H9NO2S. The Balaban J connectivity index is 2.35. The fourth-order valence-corrected chi connectivity index (χ4v) is 2.15. The quantitative estimate of drug-likeness (QED) is 0.854. The van der Waals surface area contributed by atoms with Gasteiger partial charge in [-0.1, -0.05) is 18.2 Å². The number of nitrogens with zero attached hydrogens (tertiary/aromatic N) is 1. The van der Waals surface area contributed by atoms with Crippen molar-refractivity contribution in [1.82, 2.24) is 0 Å². The molecule has 3 nitrogen and oxygen atoms in total. The second-order valence-corrected chi connectivity index (χ2v) is 4.55. The molecule has 2 rings (SSSR count). The van der Waals surface area contributed by atoms with Crippen LogP contribution in [0, 0.1) is 11.3 Å². The minimum Gasteiger partial charge on any atom is -0.478 e. The molecule has 2 aromatic rings. The SMILES string of the molecule is N#C/C(=C/c1cccs1)c1ccc(C(=O)O)cc1. The number of rotatable bonds is 3. The molecule has 0 bridgehead atoms. The highest BCUT2D eigenvalue weighted by atomic mass is 32.1. The zero-order valence-electron chi connectivity index (χ0n) is 9.33. The highest BCUT2D eigenvalue weighted by Gasteiger charge is 2.05. The number of aromatic carboxylic acids is 1. The summed E-state index contributed by atoms with van der Waals surface area (Å²) in [7, 11) is 0. The second-order valence-electron chi connectivity index (χ2n) is 3.57. The maximum Gasteiger partial charge on any atom is 0.335 e. The van der Waals surface area contributed by atoms with Crippen LogP contribution in [0.15, 0.2) is 41.8 Å². The molecule has 0 aliphatic rings. The van der Waals surface area contributed by atoms with Crippen molar-refractivity contribution in [1.29, 1.82) is 5.26 Å². The Bertz CT molecular complexity index is 619. The molecule has 0 spiro atoms. The van der Waals surface area contributed by atoms with Crippen molar-refractivity contribution in [2.75, 3.05) is 0 Å². The molecule has 0 aliphatic heterocycles. The van der Waals surface area contributed by atoms with E-state index in [0.717, 1.165) is 10.4 Å². The molecule has 0 unspecified atom stereocenters. The van der Waals surface area contributed by atoms with Crippen LogP contribution in [0.1, 0.15) is 20.8 Å². The van der Waals surface area contributed by atoms with Crippen LogP contribution in [0.3, 0.4) is 0 Å².